The molecule has 0 bridgehead atoms. The second kappa shape index (κ2) is 8.29. The summed E-state index contributed by atoms with van der Waals surface area (Å²) in [7, 11) is 0. The lowest BCUT2D eigenvalue weighted by atomic mass is 10.1. The van der Waals surface area contributed by atoms with Gasteiger partial charge in [0, 0.05) is 46.5 Å². The predicted octanol–water partition coefficient (Wildman–Crippen LogP) is 6.77. The quantitative estimate of drug-likeness (QED) is 0.209. The maximum absolute atomic E-state index is 6.60. The molecule has 0 aliphatic rings. The van der Waals surface area contributed by atoms with Gasteiger partial charge in [0.1, 0.15) is 11.4 Å². The average Bonchev–Trinajstić information content (AvgIpc) is 2.74. The van der Waals surface area contributed by atoms with E-state index in [1.807, 2.05) is 39.8 Å². The molecule has 4 aromatic rings. The first-order chi connectivity index (χ1) is 14.7. The third kappa shape index (κ3) is 4.55. The summed E-state index contributed by atoms with van der Waals surface area (Å²) in [5.74, 6) is 0.633. The highest BCUT2D eigenvalue weighted by Crippen LogP contribution is 2.37. The van der Waals surface area contributed by atoms with Crippen LogP contribution in [0.1, 0.15) is 33.3 Å². The number of nitrogens with one attached hydrogen (secondary N) is 1. The van der Waals surface area contributed by atoms with E-state index < -0.39 is 0 Å². The second-order valence-corrected chi connectivity index (χ2v) is 8.91. The van der Waals surface area contributed by atoms with E-state index in [0.29, 0.717) is 27.3 Å². The van der Waals surface area contributed by atoms with Crippen molar-refractivity contribution in [3.05, 3.63) is 64.7 Å². The molecule has 8 heteroatoms. The van der Waals surface area contributed by atoms with Gasteiger partial charge in [0.2, 0.25) is 0 Å². The molecular formula is C23H21Cl2N5O. The third-order valence-corrected chi connectivity index (χ3v) is 5.15. The number of benzene rings is 1. The summed E-state index contributed by atoms with van der Waals surface area (Å²) in [6.45, 7) is 7.65. The zero-order chi connectivity index (χ0) is 22.2. The van der Waals surface area contributed by atoms with Crippen molar-refractivity contribution in [2.24, 2.45) is 5.16 Å². The topological polar surface area (TPSA) is 72.3 Å². The molecule has 3 heterocycles. The van der Waals surface area contributed by atoms with Gasteiger partial charge in [-0.3, -0.25) is 9.97 Å². The molecule has 0 fully saturated rings. The summed E-state index contributed by atoms with van der Waals surface area (Å²) >= 11 is 13.2. The van der Waals surface area contributed by atoms with Gasteiger partial charge >= 0.3 is 0 Å². The van der Waals surface area contributed by atoms with Crippen molar-refractivity contribution >= 4 is 62.1 Å². The van der Waals surface area contributed by atoms with E-state index in [4.69, 9.17) is 33.0 Å². The van der Waals surface area contributed by atoms with Crippen molar-refractivity contribution in [1.82, 2.24) is 15.0 Å². The fourth-order valence-electron chi connectivity index (χ4n) is 3.06. The van der Waals surface area contributed by atoms with Gasteiger partial charge in [-0.2, -0.15) is 0 Å². The van der Waals surface area contributed by atoms with Crippen LogP contribution in [-0.4, -0.2) is 26.3 Å². The molecule has 158 valence electrons. The average molecular weight is 454 g/mol. The smallest absolute Gasteiger partial charge is 0.139 e. The van der Waals surface area contributed by atoms with Gasteiger partial charge in [-0.05, 0) is 52.0 Å². The normalized spacial score (nSPS) is 12.4. The van der Waals surface area contributed by atoms with Crippen LogP contribution >= 0.6 is 23.2 Å². The molecule has 0 spiro atoms. The Morgan fingerprint density at radius 2 is 1.61 bits per heavy atom. The highest BCUT2D eigenvalue weighted by Gasteiger charge is 2.15. The molecule has 0 radical (unpaired) electrons. The number of pyridine rings is 3. The Balaban J connectivity index is 1.75. The Kier molecular flexibility index (Phi) is 5.69. The monoisotopic (exact) mass is 453 g/mol. The van der Waals surface area contributed by atoms with Crippen LogP contribution in [0.25, 0.3) is 21.7 Å². The van der Waals surface area contributed by atoms with Crippen molar-refractivity contribution in [2.75, 3.05) is 5.32 Å². The maximum atomic E-state index is 6.60. The minimum atomic E-state index is -0.385. The van der Waals surface area contributed by atoms with E-state index in [0.717, 1.165) is 27.2 Å². The van der Waals surface area contributed by atoms with Crippen LogP contribution in [0.4, 0.5) is 11.5 Å². The van der Waals surface area contributed by atoms with Gasteiger partial charge in [0.15, 0.2) is 0 Å². The van der Waals surface area contributed by atoms with Crippen LogP contribution in [0.2, 0.25) is 10.0 Å². The van der Waals surface area contributed by atoms with E-state index in [1.165, 1.54) is 0 Å². The fraction of sp³-hybridized carbons (Fsp3) is 0.217. The van der Waals surface area contributed by atoms with Crippen molar-refractivity contribution in [3.63, 3.8) is 0 Å². The Morgan fingerprint density at radius 1 is 0.968 bits per heavy atom. The van der Waals surface area contributed by atoms with E-state index >= 15 is 0 Å². The highest BCUT2D eigenvalue weighted by molar-refractivity contribution is 6.40. The standard InChI is InChI=1S/C23H21Cl2N5O/c1-13(30-31-23(2,3)4)14-9-18(24)21(19(25)10-14)29-22-15-5-7-26-11-16(15)17-12-27-8-6-20(17)28-22/h5-12H,1-4H3,(H,28,29). The molecule has 0 saturated carbocycles. The van der Waals surface area contributed by atoms with Crippen molar-refractivity contribution in [1.29, 1.82) is 0 Å². The molecule has 31 heavy (non-hydrogen) atoms. The molecule has 1 aromatic carbocycles. The second-order valence-electron chi connectivity index (χ2n) is 8.09. The Labute approximate surface area is 190 Å². The van der Waals surface area contributed by atoms with Gasteiger partial charge < -0.3 is 10.2 Å². The molecule has 0 saturated heterocycles. The van der Waals surface area contributed by atoms with E-state index in [9.17, 15) is 0 Å². The zero-order valence-electron chi connectivity index (χ0n) is 17.6. The van der Waals surface area contributed by atoms with Crippen LogP contribution in [0, 0.1) is 0 Å². The van der Waals surface area contributed by atoms with Crippen molar-refractivity contribution in [2.45, 2.75) is 33.3 Å². The molecule has 1 N–H and O–H groups in total. The largest absolute Gasteiger partial charge is 0.390 e. The van der Waals surface area contributed by atoms with Crippen molar-refractivity contribution in [3.8, 4) is 0 Å². The molecule has 0 aliphatic carbocycles. The number of hydrogen-bond donors (Lipinski definition) is 1. The maximum Gasteiger partial charge on any atom is 0.139 e. The summed E-state index contributed by atoms with van der Waals surface area (Å²) < 4.78 is 0. The van der Waals surface area contributed by atoms with Crippen LogP contribution < -0.4 is 5.32 Å². The minimum Gasteiger partial charge on any atom is -0.390 e. The molecule has 3 aromatic heterocycles. The zero-order valence-corrected chi connectivity index (χ0v) is 19.1. The first kappa shape index (κ1) is 21.3. The minimum absolute atomic E-state index is 0.385. The first-order valence-corrected chi connectivity index (χ1v) is 10.5. The van der Waals surface area contributed by atoms with Gasteiger partial charge in [0.05, 0.1) is 27.0 Å². The molecule has 0 amide bonds. The molecular weight excluding hydrogens is 433 g/mol. The third-order valence-electron chi connectivity index (χ3n) is 4.56. The number of fused-ring (bicyclic) bond motifs is 3. The first-order valence-electron chi connectivity index (χ1n) is 9.69. The number of oxime groups is 1. The van der Waals surface area contributed by atoms with E-state index in [-0.39, 0.29) is 5.60 Å². The van der Waals surface area contributed by atoms with Crippen LogP contribution in [0.3, 0.4) is 0 Å². The predicted molar refractivity (Wildman–Crippen MR) is 128 cm³/mol. The molecule has 0 unspecified atom stereocenters. The van der Waals surface area contributed by atoms with Gasteiger partial charge in [0.25, 0.3) is 0 Å². The Hall–Kier alpha value is -2.96. The number of nitrogens with zero attached hydrogens (tertiary/aromatic N) is 4. The Morgan fingerprint density at radius 3 is 2.29 bits per heavy atom. The fourth-order valence-corrected chi connectivity index (χ4v) is 3.64. The summed E-state index contributed by atoms with van der Waals surface area (Å²) in [5, 5.41) is 11.2. The number of aromatic nitrogens is 3. The van der Waals surface area contributed by atoms with Gasteiger partial charge in [-0.1, -0.05) is 28.4 Å². The molecule has 0 aliphatic heterocycles. The van der Waals surface area contributed by atoms with Crippen LogP contribution in [0.15, 0.2) is 54.2 Å². The van der Waals surface area contributed by atoms with E-state index in [2.05, 4.69) is 20.4 Å². The number of rotatable bonds is 4. The summed E-state index contributed by atoms with van der Waals surface area (Å²) in [5.41, 5.74) is 2.43. The SMILES string of the molecule is CC(=NOC(C)(C)C)c1cc(Cl)c(Nc2nc3ccncc3c3cnccc23)c(Cl)c1. The van der Waals surface area contributed by atoms with E-state index in [1.54, 1.807) is 36.9 Å². The lowest BCUT2D eigenvalue weighted by Gasteiger charge is -2.17. The number of hydrogen-bond acceptors (Lipinski definition) is 6. The molecule has 6 nitrogen and oxygen atoms in total. The van der Waals surface area contributed by atoms with Crippen molar-refractivity contribution < 1.29 is 4.84 Å². The summed E-state index contributed by atoms with van der Waals surface area (Å²) in [4.78, 5) is 18.7. The van der Waals surface area contributed by atoms with Crippen LogP contribution in [0.5, 0.6) is 0 Å². The Bertz CT molecular complexity index is 1290. The lowest BCUT2D eigenvalue weighted by molar-refractivity contribution is 0.000956. The lowest BCUT2D eigenvalue weighted by Crippen LogP contribution is -2.16. The van der Waals surface area contributed by atoms with Crippen LogP contribution in [-0.2, 0) is 4.84 Å². The molecule has 4 rings (SSSR count). The number of halogens is 2. The molecule has 0 atom stereocenters. The highest BCUT2D eigenvalue weighted by atomic mass is 35.5. The van der Waals surface area contributed by atoms with Gasteiger partial charge in [-0.15, -0.1) is 0 Å². The summed E-state index contributed by atoms with van der Waals surface area (Å²) in [6.07, 6.45) is 7.01. The van der Waals surface area contributed by atoms with Gasteiger partial charge in [-0.25, -0.2) is 4.98 Å². The number of anilines is 2. The summed E-state index contributed by atoms with van der Waals surface area (Å²) in [6, 6.07) is 7.35.